The Hall–Kier alpha value is -2.18. The molecule has 0 atom stereocenters. The lowest BCUT2D eigenvalue weighted by Gasteiger charge is -1.95. The second-order valence-electron chi connectivity index (χ2n) is 2.66. The molecule has 0 aromatic carbocycles. The minimum atomic E-state index is -0.699. The zero-order valence-electron chi connectivity index (χ0n) is 7.81. The molecule has 0 radical (unpaired) electrons. The summed E-state index contributed by atoms with van der Waals surface area (Å²) in [4.78, 5) is 28.7. The van der Waals surface area contributed by atoms with Crippen LogP contribution in [-0.4, -0.2) is 27.7 Å². The highest BCUT2D eigenvalue weighted by Crippen LogP contribution is 2.11. The van der Waals surface area contributed by atoms with Crippen molar-refractivity contribution in [2.24, 2.45) is 0 Å². The van der Waals surface area contributed by atoms with Crippen LogP contribution in [0.3, 0.4) is 0 Å². The number of rotatable bonds is 2. The zero-order chi connectivity index (χ0) is 10.8. The summed E-state index contributed by atoms with van der Waals surface area (Å²) in [6, 6.07) is 0. The Kier molecular flexibility index (Phi) is 2.20. The van der Waals surface area contributed by atoms with Crippen molar-refractivity contribution >= 4 is 17.1 Å². The molecule has 0 unspecified atom stereocenters. The topological polar surface area (TPSA) is 98.1 Å². The standard InChI is InChI=1S/C8H7N3O4/c1-2-14-8(13)5-4-6(12)9-3-10-7(4)15-11-5/h3H,2H2,1H3,(H,9,10,12). The zero-order valence-corrected chi connectivity index (χ0v) is 7.81. The summed E-state index contributed by atoms with van der Waals surface area (Å²) in [5, 5.41) is 3.45. The lowest BCUT2D eigenvalue weighted by atomic mass is 10.3. The largest absolute Gasteiger partial charge is 0.461 e. The van der Waals surface area contributed by atoms with Gasteiger partial charge in [-0.3, -0.25) is 4.79 Å². The van der Waals surface area contributed by atoms with E-state index in [4.69, 9.17) is 9.26 Å². The number of carbonyl (C=O) groups is 1. The molecular weight excluding hydrogens is 202 g/mol. The number of hydrogen-bond donors (Lipinski definition) is 1. The van der Waals surface area contributed by atoms with Gasteiger partial charge in [0.05, 0.1) is 12.9 Å². The SMILES string of the molecule is CCOC(=O)c1noc2nc[nH]c(=O)c12. The molecule has 0 saturated heterocycles. The number of nitrogens with one attached hydrogen (secondary N) is 1. The fourth-order valence-corrected chi connectivity index (χ4v) is 1.13. The third-order valence-electron chi connectivity index (χ3n) is 1.75. The first-order valence-corrected chi connectivity index (χ1v) is 4.24. The fourth-order valence-electron chi connectivity index (χ4n) is 1.13. The molecule has 0 spiro atoms. The summed E-state index contributed by atoms with van der Waals surface area (Å²) in [7, 11) is 0. The monoisotopic (exact) mass is 209 g/mol. The van der Waals surface area contributed by atoms with E-state index in [1.54, 1.807) is 6.92 Å². The van der Waals surface area contributed by atoms with Gasteiger partial charge in [0.2, 0.25) is 5.69 Å². The summed E-state index contributed by atoms with van der Waals surface area (Å²) in [5.74, 6) is -0.699. The summed E-state index contributed by atoms with van der Waals surface area (Å²) in [5.41, 5.74) is -0.618. The number of H-pyrrole nitrogens is 1. The van der Waals surface area contributed by atoms with Gasteiger partial charge in [-0.05, 0) is 6.92 Å². The van der Waals surface area contributed by atoms with Crippen molar-refractivity contribution in [3.05, 3.63) is 22.4 Å². The highest BCUT2D eigenvalue weighted by molar-refractivity contribution is 5.99. The molecule has 0 saturated carbocycles. The van der Waals surface area contributed by atoms with E-state index in [0.29, 0.717) is 0 Å². The molecule has 2 rings (SSSR count). The molecule has 2 heterocycles. The molecule has 1 N–H and O–H groups in total. The van der Waals surface area contributed by atoms with Crippen LogP contribution in [0.2, 0.25) is 0 Å². The van der Waals surface area contributed by atoms with Gasteiger partial charge < -0.3 is 14.2 Å². The Morgan fingerprint density at radius 3 is 3.20 bits per heavy atom. The number of aromatic nitrogens is 3. The number of ether oxygens (including phenoxy) is 1. The molecule has 0 amide bonds. The molecule has 0 aliphatic heterocycles. The Balaban J connectivity index is 2.62. The van der Waals surface area contributed by atoms with Crippen LogP contribution in [0.5, 0.6) is 0 Å². The molecule has 0 fully saturated rings. The highest BCUT2D eigenvalue weighted by Gasteiger charge is 2.20. The lowest BCUT2D eigenvalue weighted by Crippen LogP contribution is -2.12. The van der Waals surface area contributed by atoms with E-state index in [-0.39, 0.29) is 23.4 Å². The second kappa shape index (κ2) is 3.52. The fraction of sp³-hybridized carbons (Fsp3) is 0.250. The normalized spacial score (nSPS) is 10.5. The van der Waals surface area contributed by atoms with E-state index < -0.39 is 11.5 Å². The van der Waals surface area contributed by atoms with Crippen molar-refractivity contribution in [2.45, 2.75) is 6.92 Å². The van der Waals surface area contributed by atoms with E-state index in [2.05, 4.69) is 15.1 Å². The summed E-state index contributed by atoms with van der Waals surface area (Å²) < 4.78 is 9.42. The van der Waals surface area contributed by atoms with Gasteiger partial charge in [0.15, 0.2) is 0 Å². The van der Waals surface area contributed by atoms with Gasteiger partial charge in [-0.2, -0.15) is 0 Å². The number of nitrogens with zero attached hydrogens (tertiary/aromatic N) is 2. The van der Waals surface area contributed by atoms with Gasteiger partial charge in [-0.15, -0.1) is 0 Å². The number of fused-ring (bicyclic) bond motifs is 1. The molecule has 2 aromatic rings. The third-order valence-corrected chi connectivity index (χ3v) is 1.75. The molecule has 0 aliphatic carbocycles. The van der Waals surface area contributed by atoms with Crippen LogP contribution in [0.4, 0.5) is 0 Å². The Labute approximate surface area is 83.0 Å². The molecule has 78 valence electrons. The smallest absolute Gasteiger partial charge is 0.361 e. The highest BCUT2D eigenvalue weighted by atomic mass is 16.5. The van der Waals surface area contributed by atoms with Crippen molar-refractivity contribution < 1.29 is 14.1 Å². The Morgan fingerprint density at radius 1 is 1.67 bits per heavy atom. The maximum absolute atomic E-state index is 11.4. The molecule has 0 bridgehead atoms. The molecular formula is C8H7N3O4. The van der Waals surface area contributed by atoms with Crippen LogP contribution in [-0.2, 0) is 4.74 Å². The summed E-state index contributed by atoms with van der Waals surface area (Å²) in [6.45, 7) is 1.86. The predicted molar refractivity (Wildman–Crippen MR) is 48.4 cm³/mol. The van der Waals surface area contributed by atoms with Gasteiger partial charge in [-0.1, -0.05) is 5.16 Å². The van der Waals surface area contributed by atoms with Gasteiger partial charge in [-0.25, -0.2) is 9.78 Å². The average Bonchev–Trinajstić information content (AvgIpc) is 2.63. The summed E-state index contributed by atoms with van der Waals surface area (Å²) in [6.07, 6.45) is 1.17. The van der Waals surface area contributed by atoms with Crippen molar-refractivity contribution in [1.82, 2.24) is 15.1 Å². The maximum atomic E-state index is 11.4. The number of esters is 1. The van der Waals surface area contributed by atoms with Crippen molar-refractivity contribution in [2.75, 3.05) is 6.61 Å². The van der Waals surface area contributed by atoms with E-state index in [1.165, 1.54) is 6.33 Å². The van der Waals surface area contributed by atoms with E-state index in [9.17, 15) is 9.59 Å². The van der Waals surface area contributed by atoms with Crippen molar-refractivity contribution in [3.8, 4) is 0 Å². The minimum absolute atomic E-state index is 0.0101. The van der Waals surface area contributed by atoms with E-state index in [0.717, 1.165) is 0 Å². The average molecular weight is 209 g/mol. The Morgan fingerprint density at radius 2 is 2.47 bits per heavy atom. The molecule has 7 heteroatoms. The number of carbonyl (C=O) groups excluding carboxylic acids is 1. The number of aromatic amines is 1. The molecule has 15 heavy (non-hydrogen) atoms. The molecule has 7 nitrogen and oxygen atoms in total. The van der Waals surface area contributed by atoms with Crippen LogP contribution in [0.25, 0.3) is 11.1 Å². The van der Waals surface area contributed by atoms with Gasteiger partial charge in [0, 0.05) is 0 Å². The van der Waals surface area contributed by atoms with Crippen LogP contribution in [0.1, 0.15) is 17.4 Å². The van der Waals surface area contributed by atoms with Gasteiger partial charge >= 0.3 is 5.97 Å². The molecule has 0 aliphatic rings. The van der Waals surface area contributed by atoms with Crippen LogP contribution >= 0.6 is 0 Å². The van der Waals surface area contributed by atoms with E-state index in [1.807, 2.05) is 0 Å². The van der Waals surface area contributed by atoms with Gasteiger partial charge in [0.25, 0.3) is 11.3 Å². The first-order valence-electron chi connectivity index (χ1n) is 4.24. The van der Waals surface area contributed by atoms with Crippen molar-refractivity contribution in [1.29, 1.82) is 0 Å². The van der Waals surface area contributed by atoms with Crippen LogP contribution in [0.15, 0.2) is 15.6 Å². The van der Waals surface area contributed by atoms with Gasteiger partial charge in [0.1, 0.15) is 5.39 Å². The first kappa shape index (κ1) is 9.38. The van der Waals surface area contributed by atoms with E-state index >= 15 is 0 Å². The Bertz CT molecular complexity index is 556. The van der Waals surface area contributed by atoms with Crippen LogP contribution in [0, 0.1) is 0 Å². The predicted octanol–water partition coefficient (Wildman–Crippen LogP) is 0.0878. The minimum Gasteiger partial charge on any atom is -0.461 e. The number of hydrogen-bond acceptors (Lipinski definition) is 6. The van der Waals surface area contributed by atoms with Crippen LogP contribution < -0.4 is 5.56 Å². The van der Waals surface area contributed by atoms with Crippen molar-refractivity contribution in [3.63, 3.8) is 0 Å². The quantitative estimate of drug-likeness (QED) is 0.703. The molecule has 2 aromatic heterocycles. The summed E-state index contributed by atoms with van der Waals surface area (Å²) >= 11 is 0. The second-order valence-corrected chi connectivity index (χ2v) is 2.66. The third kappa shape index (κ3) is 1.47. The maximum Gasteiger partial charge on any atom is 0.361 e. The lowest BCUT2D eigenvalue weighted by molar-refractivity contribution is 0.0517. The first-order chi connectivity index (χ1) is 7.24.